The zero-order valence-corrected chi connectivity index (χ0v) is 13.3. The lowest BCUT2D eigenvalue weighted by Gasteiger charge is -2.27. The summed E-state index contributed by atoms with van der Waals surface area (Å²) in [5, 5.41) is 7.92. The number of hydrogen-bond acceptors (Lipinski definition) is 4. The van der Waals surface area contributed by atoms with Crippen molar-refractivity contribution in [3.63, 3.8) is 0 Å². The Labute approximate surface area is 142 Å². The number of benzene rings is 1. The second kappa shape index (κ2) is 7.35. The van der Waals surface area contributed by atoms with E-state index in [0.717, 1.165) is 12.2 Å². The minimum Gasteiger partial charge on any atom is -0.366 e. The summed E-state index contributed by atoms with van der Waals surface area (Å²) < 4.78 is 14.0. The van der Waals surface area contributed by atoms with E-state index in [1.807, 2.05) is 0 Å². The van der Waals surface area contributed by atoms with Gasteiger partial charge in [-0.15, -0.1) is 0 Å². The van der Waals surface area contributed by atoms with Crippen LogP contribution in [0.5, 0.6) is 0 Å². The van der Waals surface area contributed by atoms with Gasteiger partial charge in [-0.25, -0.2) is 4.39 Å². The maximum absolute atomic E-state index is 14.0. The molecule has 0 aromatic heterocycles. The normalized spacial score (nSPS) is 16.0. The van der Waals surface area contributed by atoms with Crippen molar-refractivity contribution in [1.29, 1.82) is 5.41 Å². The number of nitrogens with one attached hydrogen (secondary N) is 1. The molecule has 0 saturated carbocycles. The van der Waals surface area contributed by atoms with Crippen LogP contribution in [0.15, 0.2) is 24.3 Å². The minimum absolute atomic E-state index is 0.195. The largest absolute Gasteiger partial charge is 0.366 e. The Morgan fingerprint density at radius 3 is 2.75 bits per heavy atom. The molecule has 3 N–H and O–H groups in total. The number of carbonyl (C=O) groups is 3. The predicted molar refractivity (Wildman–Crippen MR) is 86.3 cm³/mol. The monoisotopic (exact) mass is 351 g/mol. The Hall–Kier alpha value is -2.54. The van der Waals surface area contributed by atoms with Gasteiger partial charge in [0.25, 0.3) is 5.91 Å². The van der Waals surface area contributed by atoms with Crippen molar-refractivity contribution >= 4 is 35.4 Å². The zero-order valence-electron chi connectivity index (χ0n) is 12.6. The van der Waals surface area contributed by atoms with E-state index in [1.54, 1.807) is 6.07 Å². The number of carbonyl (C=O) groups excluding carboxylic acids is 3. The molecule has 1 aliphatic carbocycles. The SMILES string of the molecule is N=C(/C=C\C(N)=O)C(=O)N(CC=O)C1CCc2c(F)cc(Cl)cc21. The van der Waals surface area contributed by atoms with Crippen LogP contribution in [0.2, 0.25) is 5.02 Å². The van der Waals surface area contributed by atoms with Crippen LogP contribution < -0.4 is 5.73 Å². The fourth-order valence-corrected chi connectivity index (χ4v) is 2.98. The number of rotatable bonds is 6. The fourth-order valence-electron chi connectivity index (χ4n) is 2.77. The van der Waals surface area contributed by atoms with Gasteiger partial charge < -0.3 is 15.4 Å². The topological polar surface area (TPSA) is 104 Å². The summed E-state index contributed by atoms with van der Waals surface area (Å²) in [6, 6.07) is 2.20. The fraction of sp³-hybridized carbons (Fsp3) is 0.250. The van der Waals surface area contributed by atoms with Crippen molar-refractivity contribution in [2.45, 2.75) is 18.9 Å². The highest BCUT2D eigenvalue weighted by Gasteiger charge is 2.33. The summed E-state index contributed by atoms with van der Waals surface area (Å²) in [5.41, 5.74) is 5.42. The van der Waals surface area contributed by atoms with Gasteiger partial charge in [0.2, 0.25) is 5.91 Å². The molecule has 0 saturated heterocycles. The van der Waals surface area contributed by atoms with E-state index in [2.05, 4.69) is 0 Å². The lowest BCUT2D eigenvalue weighted by molar-refractivity contribution is -0.129. The van der Waals surface area contributed by atoms with Crippen LogP contribution >= 0.6 is 11.6 Å². The molecule has 0 aliphatic heterocycles. The number of halogens is 2. The second-order valence-electron chi connectivity index (χ2n) is 5.28. The number of aldehydes is 1. The lowest BCUT2D eigenvalue weighted by Crippen LogP contribution is -2.39. The number of hydrogen-bond donors (Lipinski definition) is 2. The molecular formula is C16H15ClFN3O3. The molecule has 126 valence electrons. The van der Waals surface area contributed by atoms with Crippen LogP contribution in [0, 0.1) is 11.2 Å². The van der Waals surface area contributed by atoms with Crippen molar-refractivity contribution < 1.29 is 18.8 Å². The van der Waals surface area contributed by atoms with Crippen LogP contribution in [0.1, 0.15) is 23.6 Å². The van der Waals surface area contributed by atoms with E-state index in [0.29, 0.717) is 30.3 Å². The van der Waals surface area contributed by atoms with E-state index in [-0.39, 0.29) is 11.6 Å². The quantitative estimate of drug-likeness (QED) is 0.461. The summed E-state index contributed by atoms with van der Waals surface area (Å²) in [7, 11) is 0. The van der Waals surface area contributed by atoms with Gasteiger partial charge in [-0.1, -0.05) is 11.6 Å². The van der Waals surface area contributed by atoms with Gasteiger partial charge in [-0.05, 0) is 42.2 Å². The van der Waals surface area contributed by atoms with Gasteiger partial charge in [0.15, 0.2) is 0 Å². The molecular weight excluding hydrogens is 337 g/mol. The van der Waals surface area contributed by atoms with Gasteiger partial charge in [0, 0.05) is 11.1 Å². The summed E-state index contributed by atoms with van der Waals surface area (Å²) in [4.78, 5) is 35.3. The smallest absolute Gasteiger partial charge is 0.272 e. The van der Waals surface area contributed by atoms with Crippen molar-refractivity contribution in [3.8, 4) is 0 Å². The van der Waals surface area contributed by atoms with Crippen LogP contribution in [-0.4, -0.2) is 35.3 Å². The van der Waals surface area contributed by atoms with Crippen LogP contribution in [-0.2, 0) is 20.8 Å². The molecule has 1 atom stereocenters. The molecule has 2 amide bonds. The molecule has 0 fully saturated rings. The Bertz CT molecular complexity index is 748. The highest BCUT2D eigenvalue weighted by atomic mass is 35.5. The number of nitrogens with two attached hydrogens (primary N) is 1. The first-order valence-electron chi connectivity index (χ1n) is 7.13. The summed E-state index contributed by atoms with van der Waals surface area (Å²) in [6.45, 7) is -0.260. The maximum Gasteiger partial charge on any atom is 0.272 e. The summed E-state index contributed by atoms with van der Waals surface area (Å²) in [5.74, 6) is -2.01. The third-order valence-corrected chi connectivity index (χ3v) is 3.99. The first kappa shape index (κ1) is 17.8. The second-order valence-corrected chi connectivity index (χ2v) is 5.72. The standard InChI is InChI=1S/C16H15ClFN3O3/c17-9-7-11-10(12(18)8-9)1-3-14(11)21(5-6-22)16(24)13(19)2-4-15(20)23/h2,4,6-8,14,19H,1,3,5H2,(H2,20,23)/b4-2-,19-13?. The highest BCUT2D eigenvalue weighted by molar-refractivity contribution is 6.42. The maximum atomic E-state index is 14.0. The lowest BCUT2D eigenvalue weighted by atomic mass is 10.1. The van der Waals surface area contributed by atoms with Gasteiger partial charge in [-0.2, -0.15) is 0 Å². The van der Waals surface area contributed by atoms with E-state index < -0.39 is 29.4 Å². The van der Waals surface area contributed by atoms with Gasteiger partial charge in [-0.3, -0.25) is 15.0 Å². The number of nitrogens with zero attached hydrogens (tertiary/aromatic N) is 1. The molecule has 0 bridgehead atoms. The first-order chi connectivity index (χ1) is 11.3. The van der Waals surface area contributed by atoms with E-state index in [9.17, 15) is 18.8 Å². The number of amides is 2. The number of fused-ring (bicyclic) bond motifs is 1. The van der Waals surface area contributed by atoms with Crippen molar-refractivity contribution in [1.82, 2.24) is 4.90 Å². The molecule has 1 unspecified atom stereocenters. The molecule has 0 heterocycles. The van der Waals surface area contributed by atoms with E-state index in [1.165, 1.54) is 11.0 Å². The molecule has 1 aromatic carbocycles. The summed E-state index contributed by atoms with van der Waals surface area (Å²) in [6.07, 6.45) is 3.20. The van der Waals surface area contributed by atoms with E-state index in [4.69, 9.17) is 22.7 Å². The molecule has 1 aliphatic rings. The third-order valence-electron chi connectivity index (χ3n) is 3.77. The molecule has 8 heteroatoms. The Morgan fingerprint density at radius 1 is 1.42 bits per heavy atom. The first-order valence-corrected chi connectivity index (χ1v) is 7.51. The van der Waals surface area contributed by atoms with Crippen molar-refractivity contribution in [2.75, 3.05) is 6.54 Å². The molecule has 2 rings (SSSR count). The average Bonchev–Trinajstić information content (AvgIpc) is 2.93. The Morgan fingerprint density at radius 2 is 2.12 bits per heavy atom. The molecule has 0 radical (unpaired) electrons. The minimum atomic E-state index is -0.797. The molecule has 24 heavy (non-hydrogen) atoms. The molecule has 6 nitrogen and oxygen atoms in total. The third kappa shape index (κ3) is 3.68. The summed E-state index contributed by atoms with van der Waals surface area (Å²) >= 11 is 5.88. The van der Waals surface area contributed by atoms with Crippen LogP contribution in [0.3, 0.4) is 0 Å². The Balaban J connectivity index is 2.34. The molecule has 0 spiro atoms. The van der Waals surface area contributed by atoms with Crippen LogP contribution in [0.4, 0.5) is 4.39 Å². The van der Waals surface area contributed by atoms with Gasteiger partial charge in [0.05, 0.1) is 12.6 Å². The zero-order chi connectivity index (χ0) is 17.9. The van der Waals surface area contributed by atoms with Gasteiger partial charge in [0.1, 0.15) is 17.8 Å². The number of primary amides is 1. The van der Waals surface area contributed by atoms with Gasteiger partial charge >= 0.3 is 0 Å². The predicted octanol–water partition coefficient (Wildman–Crippen LogP) is 1.56. The van der Waals surface area contributed by atoms with E-state index >= 15 is 0 Å². The van der Waals surface area contributed by atoms with Crippen LogP contribution in [0.25, 0.3) is 0 Å². The highest BCUT2D eigenvalue weighted by Crippen LogP contribution is 2.38. The van der Waals surface area contributed by atoms with Crippen molar-refractivity contribution in [3.05, 3.63) is 46.3 Å². The molecule has 1 aromatic rings. The average molecular weight is 352 g/mol. The van der Waals surface area contributed by atoms with Crippen molar-refractivity contribution in [2.24, 2.45) is 5.73 Å². The Kier molecular flexibility index (Phi) is 5.46.